The number of hydrogen-bond donors (Lipinski definition) is 2. The zero-order chi connectivity index (χ0) is 16.9. The van der Waals surface area contributed by atoms with Gasteiger partial charge < -0.3 is 10.6 Å². The van der Waals surface area contributed by atoms with Crippen LogP contribution >= 0.6 is 11.3 Å². The van der Waals surface area contributed by atoms with Gasteiger partial charge in [0.05, 0.1) is 29.9 Å². The van der Waals surface area contributed by atoms with Crippen molar-refractivity contribution in [2.75, 3.05) is 5.32 Å². The fraction of sp³-hybridized carbons (Fsp3) is 0.167. The Morgan fingerprint density at radius 3 is 2.79 bits per heavy atom. The van der Waals surface area contributed by atoms with Crippen LogP contribution < -0.4 is 10.6 Å². The number of hydrogen-bond acceptors (Lipinski definition) is 4. The van der Waals surface area contributed by atoms with Crippen molar-refractivity contribution in [3.8, 4) is 0 Å². The van der Waals surface area contributed by atoms with E-state index in [2.05, 4.69) is 15.6 Å². The lowest BCUT2D eigenvalue weighted by molar-refractivity contribution is -0.120. The van der Waals surface area contributed by atoms with Crippen LogP contribution in [0.15, 0.2) is 54.0 Å². The summed E-state index contributed by atoms with van der Waals surface area (Å²) >= 11 is 1.52. The summed E-state index contributed by atoms with van der Waals surface area (Å²) in [6.07, 6.45) is 1.81. The smallest absolute Gasteiger partial charge is 0.226 e. The molecule has 0 saturated heterocycles. The molecule has 2 heterocycles. The maximum atomic E-state index is 12.4. The second-order valence-corrected chi connectivity index (χ2v) is 6.42. The molecule has 2 N–H and O–H groups in total. The second kappa shape index (κ2) is 7.23. The molecule has 0 aliphatic carbocycles. The summed E-state index contributed by atoms with van der Waals surface area (Å²) in [7, 11) is 0. The van der Waals surface area contributed by atoms with Gasteiger partial charge in [0.1, 0.15) is 0 Å². The highest BCUT2D eigenvalue weighted by Crippen LogP contribution is 2.23. The molecule has 122 valence electrons. The molecule has 0 fully saturated rings. The Bertz CT molecular complexity index is 862. The molecule has 1 unspecified atom stereocenters. The Morgan fingerprint density at radius 2 is 2.04 bits per heavy atom. The first-order valence-electron chi connectivity index (χ1n) is 7.57. The van der Waals surface area contributed by atoms with E-state index in [1.807, 2.05) is 47.8 Å². The molecular weight excluding hydrogens is 322 g/mol. The first-order valence-corrected chi connectivity index (χ1v) is 8.45. The van der Waals surface area contributed by atoms with Gasteiger partial charge in [-0.3, -0.25) is 14.6 Å². The fourth-order valence-electron chi connectivity index (χ4n) is 2.49. The zero-order valence-electron chi connectivity index (χ0n) is 13.2. The zero-order valence-corrected chi connectivity index (χ0v) is 14.0. The fourth-order valence-corrected chi connectivity index (χ4v) is 3.27. The van der Waals surface area contributed by atoms with Crippen molar-refractivity contribution in [1.82, 2.24) is 10.3 Å². The highest BCUT2D eigenvalue weighted by Gasteiger charge is 2.18. The number of benzene rings is 1. The number of fused-ring (bicyclic) bond motifs is 1. The van der Waals surface area contributed by atoms with Crippen LogP contribution in [0.4, 0.5) is 5.69 Å². The number of carbonyl (C=O) groups excluding carboxylic acids is 2. The normalized spacial score (nSPS) is 11.9. The molecule has 1 atom stereocenters. The van der Waals surface area contributed by atoms with Gasteiger partial charge in [-0.2, -0.15) is 0 Å². The van der Waals surface area contributed by atoms with Gasteiger partial charge in [0.2, 0.25) is 11.8 Å². The number of anilines is 1. The van der Waals surface area contributed by atoms with Crippen LogP contribution in [-0.2, 0) is 9.59 Å². The van der Waals surface area contributed by atoms with Gasteiger partial charge in [-0.25, -0.2) is 0 Å². The third kappa shape index (κ3) is 3.97. The number of nitrogens with zero attached hydrogens (tertiary/aromatic N) is 1. The molecule has 0 spiro atoms. The largest absolute Gasteiger partial charge is 0.348 e. The van der Waals surface area contributed by atoms with E-state index in [-0.39, 0.29) is 24.3 Å². The van der Waals surface area contributed by atoms with E-state index in [0.29, 0.717) is 5.69 Å². The predicted molar refractivity (Wildman–Crippen MR) is 95.9 cm³/mol. The van der Waals surface area contributed by atoms with E-state index >= 15 is 0 Å². The Morgan fingerprint density at radius 1 is 1.21 bits per heavy atom. The summed E-state index contributed by atoms with van der Waals surface area (Å²) < 4.78 is 0. The van der Waals surface area contributed by atoms with Crippen molar-refractivity contribution in [3.63, 3.8) is 0 Å². The van der Waals surface area contributed by atoms with Crippen LogP contribution in [-0.4, -0.2) is 16.8 Å². The van der Waals surface area contributed by atoms with Crippen LogP contribution in [0.5, 0.6) is 0 Å². The molecule has 3 aromatic rings. The predicted octanol–water partition coefficient (Wildman–Crippen LogP) is 3.50. The van der Waals surface area contributed by atoms with E-state index < -0.39 is 0 Å². The topological polar surface area (TPSA) is 71.1 Å². The molecule has 0 bridgehead atoms. The Balaban J connectivity index is 1.71. The quantitative estimate of drug-likeness (QED) is 0.747. The van der Waals surface area contributed by atoms with Crippen molar-refractivity contribution in [2.45, 2.75) is 19.4 Å². The number of thiophene rings is 1. The summed E-state index contributed by atoms with van der Waals surface area (Å²) in [4.78, 5) is 29.0. The third-order valence-electron chi connectivity index (χ3n) is 3.53. The molecule has 2 amide bonds. The van der Waals surface area contributed by atoms with E-state index in [1.54, 1.807) is 6.20 Å². The lowest BCUT2D eigenvalue weighted by Gasteiger charge is -2.16. The van der Waals surface area contributed by atoms with Crippen LogP contribution in [0, 0.1) is 0 Å². The maximum absolute atomic E-state index is 12.4. The van der Waals surface area contributed by atoms with Gasteiger partial charge in [0, 0.05) is 17.2 Å². The Hall–Kier alpha value is -2.73. The van der Waals surface area contributed by atoms with Crippen molar-refractivity contribution in [3.05, 3.63) is 58.9 Å². The highest BCUT2D eigenvalue weighted by atomic mass is 32.1. The van der Waals surface area contributed by atoms with Gasteiger partial charge in [0.25, 0.3) is 0 Å². The van der Waals surface area contributed by atoms with Crippen LogP contribution in [0.2, 0.25) is 0 Å². The van der Waals surface area contributed by atoms with Crippen LogP contribution in [0.25, 0.3) is 10.9 Å². The maximum Gasteiger partial charge on any atom is 0.226 e. The minimum absolute atomic E-state index is 0.159. The van der Waals surface area contributed by atoms with Gasteiger partial charge in [0.15, 0.2) is 0 Å². The van der Waals surface area contributed by atoms with Gasteiger partial charge in [-0.05, 0) is 23.6 Å². The highest BCUT2D eigenvalue weighted by molar-refractivity contribution is 7.10. The number of carbonyl (C=O) groups is 2. The molecule has 24 heavy (non-hydrogen) atoms. The van der Waals surface area contributed by atoms with Crippen LogP contribution in [0.1, 0.15) is 24.3 Å². The minimum atomic E-state index is -0.323. The summed E-state index contributed by atoms with van der Waals surface area (Å²) in [5.74, 6) is -0.326. The summed E-state index contributed by atoms with van der Waals surface area (Å²) in [5, 5.41) is 8.57. The molecule has 0 saturated carbocycles. The number of para-hydroxylation sites is 1. The lowest BCUT2D eigenvalue weighted by atomic mass is 10.1. The number of nitrogens with one attached hydrogen (secondary N) is 2. The second-order valence-electron chi connectivity index (χ2n) is 5.44. The van der Waals surface area contributed by atoms with Crippen molar-refractivity contribution < 1.29 is 9.59 Å². The first kappa shape index (κ1) is 16.1. The number of pyridine rings is 1. The third-order valence-corrected chi connectivity index (χ3v) is 4.51. The molecule has 6 heteroatoms. The van der Waals surface area contributed by atoms with Crippen molar-refractivity contribution >= 4 is 39.7 Å². The molecule has 0 radical (unpaired) electrons. The standard InChI is InChI=1S/C18H17N3O2S/c1-12(22)20-16(17-7-4-8-24-17)10-18(23)21-14-9-13-5-2-3-6-15(13)19-11-14/h2-9,11,16H,10H2,1H3,(H,20,22)(H,21,23). The molecule has 0 aliphatic rings. The SMILES string of the molecule is CC(=O)NC(CC(=O)Nc1cnc2ccccc2c1)c1cccs1. The molecule has 1 aromatic carbocycles. The molecule has 0 aliphatic heterocycles. The van der Waals surface area contributed by atoms with Crippen molar-refractivity contribution in [2.24, 2.45) is 0 Å². The number of amides is 2. The van der Waals surface area contributed by atoms with Gasteiger partial charge in [-0.15, -0.1) is 11.3 Å². The number of rotatable bonds is 5. The van der Waals surface area contributed by atoms with Crippen LogP contribution in [0.3, 0.4) is 0 Å². The van der Waals surface area contributed by atoms with Gasteiger partial charge >= 0.3 is 0 Å². The minimum Gasteiger partial charge on any atom is -0.348 e. The van der Waals surface area contributed by atoms with E-state index in [4.69, 9.17) is 0 Å². The Kier molecular flexibility index (Phi) is 4.86. The van der Waals surface area contributed by atoms with Gasteiger partial charge in [-0.1, -0.05) is 24.3 Å². The van der Waals surface area contributed by atoms with E-state index in [9.17, 15) is 9.59 Å². The van der Waals surface area contributed by atoms with E-state index in [1.165, 1.54) is 18.3 Å². The first-order chi connectivity index (χ1) is 11.6. The molecule has 2 aromatic heterocycles. The molecule has 5 nitrogen and oxygen atoms in total. The summed E-state index contributed by atoms with van der Waals surface area (Å²) in [5.41, 5.74) is 1.52. The van der Waals surface area contributed by atoms with E-state index in [0.717, 1.165) is 15.8 Å². The van der Waals surface area contributed by atoms with Crippen molar-refractivity contribution in [1.29, 1.82) is 0 Å². The average Bonchev–Trinajstić information content (AvgIpc) is 3.08. The summed E-state index contributed by atoms with van der Waals surface area (Å²) in [6, 6.07) is 13.1. The Labute approximate surface area is 143 Å². The monoisotopic (exact) mass is 339 g/mol. The average molecular weight is 339 g/mol. The lowest BCUT2D eigenvalue weighted by Crippen LogP contribution is -2.29. The molecule has 3 rings (SSSR count). The number of aromatic nitrogens is 1. The molecular formula is C18H17N3O2S. The summed E-state index contributed by atoms with van der Waals surface area (Å²) in [6.45, 7) is 1.45.